The standard InChI is InChI=1S/C8H15N3OS/c1-2-9-7(5-12)6-13-8-10-3-4-11-8/h3-4,7,9,12H,2,5-6H2,1H3,(H,10,11). The van der Waals surface area contributed by atoms with Crippen LogP contribution in [0.15, 0.2) is 17.6 Å². The Balaban J connectivity index is 2.23. The van der Waals surface area contributed by atoms with Gasteiger partial charge in [-0.1, -0.05) is 18.7 Å². The number of hydrogen-bond acceptors (Lipinski definition) is 4. The van der Waals surface area contributed by atoms with Crippen LogP contribution in [0.25, 0.3) is 0 Å². The Labute approximate surface area is 82.2 Å². The maximum Gasteiger partial charge on any atom is 0.165 e. The molecule has 0 aromatic carbocycles. The molecule has 0 radical (unpaired) electrons. The second kappa shape index (κ2) is 6.01. The van der Waals surface area contributed by atoms with Gasteiger partial charge in [-0.15, -0.1) is 0 Å². The molecule has 0 aliphatic rings. The minimum Gasteiger partial charge on any atom is -0.395 e. The molecule has 0 aliphatic carbocycles. The van der Waals surface area contributed by atoms with Crippen LogP contribution < -0.4 is 5.32 Å². The van der Waals surface area contributed by atoms with Crippen molar-refractivity contribution in [1.82, 2.24) is 15.3 Å². The number of nitrogens with one attached hydrogen (secondary N) is 2. The van der Waals surface area contributed by atoms with Gasteiger partial charge >= 0.3 is 0 Å². The second-order valence-corrected chi connectivity index (χ2v) is 3.65. The van der Waals surface area contributed by atoms with E-state index in [9.17, 15) is 0 Å². The molecule has 1 atom stereocenters. The van der Waals surface area contributed by atoms with Crippen LogP contribution in [0.4, 0.5) is 0 Å². The summed E-state index contributed by atoms with van der Waals surface area (Å²) in [7, 11) is 0. The number of nitrogens with zero attached hydrogens (tertiary/aromatic N) is 1. The van der Waals surface area contributed by atoms with Crippen molar-refractivity contribution in [2.45, 2.75) is 18.1 Å². The fourth-order valence-electron chi connectivity index (χ4n) is 0.974. The fraction of sp³-hybridized carbons (Fsp3) is 0.625. The van der Waals surface area contributed by atoms with Crippen LogP contribution in [0, 0.1) is 0 Å². The van der Waals surface area contributed by atoms with Crippen LogP contribution in [0.3, 0.4) is 0 Å². The van der Waals surface area contributed by atoms with Gasteiger partial charge in [0.25, 0.3) is 0 Å². The number of hydrogen-bond donors (Lipinski definition) is 3. The van der Waals surface area contributed by atoms with Crippen LogP contribution >= 0.6 is 11.8 Å². The van der Waals surface area contributed by atoms with Crippen molar-refractivity contribution < 1.29 is 5.11 Å². The quantitative estimate of drug-likeness (QED) is 0.586. The van der Waals surface area contributed by atoms with Crippen molar-refractivity contribution in [2.75, 3.05) is 18.9 Å². The van der Waals surface area contributed by atoms with E-state index >= 15 is 0 Å². The van der Waals surface area contributed by atoms with E-state index in [4.69, 9.17) is 5.11 Å². The summed E-state index contributed by atoms with van der Waals surface area (Å²) in [6.45, 7) is 3.08. The van der Waals surface area contributed by atoms with Gasteiger partial charge in [0.15, 0.2) is 5.16 Å². The zero-order chi connectivity index (χ0) is 9.52. The largest absolute Gasteiger partial charge is 0.395 e. The van der Waals surface area contributed by atoms with Gasteiger partial charge in [0.2, 0.25) is 0 Å². The van der Waals surface area contributed by atoms with E-state index in [-0.39, 0.29) is 12.6 Å². The summed E-state index contributed by atoms with van der Waals surface area (Å²) in [4.78, 5) is 7.08. The lowest BCUT2D eigenvalue weighted by Crippen LogP contribution is -2.34. The normalized spacial score (nSPS) is 13.1. The van der Waals surface area contributed by atoms with Gasteiger partial charge < -0.3 is 15.4 Å². The first-order valence-electron chi connectivity index (χ1n) is 4.33. The van der Waals surface area contributed by atoms with E-state index in [0.29, 0.717) is 0 Å². The molecule has 0 bridgehead atoms. The third-order valence-corrected chi connectivity index (χ3v) is 2.67. The molecule has 1 aromatic heterocycles. The van der Waals surface area contributed by atoms with Gasteiger partial charge in [0.1, 0.15) is 0 Å². The van der Waals surface area contributed by atoms with Crippen molar-refractivity contribution in [3.63, 3.8) is 0 Å². The molecule has 1 aromatic rings. The lowest BCUT2D eigenvalue weighted by atomic mass is 10.4. The summed E-state index contributed by atoms with van der Waals surface area (Å²) in [6.07, 6.45) is 3.52. The summed E-state index contributed by atoms with van der Waals surface area (Å²) in [5, 5.41) is 13.1. The molecule has 0 fully saturated rings. The van der Waals surface area contributed by atoms with Gasteiger partial charge in [-0.2, -0.15) is 0 Å². The Morgan fingerprint density at radius 1 is 1.77 bits per heavy atom. The average Bonchev–Trinajstić information content (AvgIpc) is 2.64. The molecule has 0 saturated heterocycles. The molecule has 1 unspecified atom stereocenters. The van der Waals surface area contributed by atoms with E-state index in [1.165, 1.54) is 0 Å². The minimum atomic E-state index is 0.153. The predicted octanol–water partition coefficient (Wildman–Crippen LogP) is 0.472. The fourth-order valence-corrected chi connectivity index (χ4v) is 1.84. The zero-order valence-corrected chi connectivity index (χ0v) is 8.47. The summed E-state index contributed by atoms with van der Waals surface area (Å²) in [5.41, 5.74) is 0. The number of thioether (sulfide) groups is 1. The number of rotatable bonds is 6. The summed E-state index contributed by atoms with van der Waals surface area (Å²) >= 11 is 1.61. The Bertz CT molecular complexity index is 215. The molecule has 0 amide bonds. The molecule has 1 rings (SSSR count). The van der Waals surface area contributed by atoms with Gasteiger partial charge in [-0.25, -0.2) is 4.98 Å². The summed E-state index contributed by atoms with van der Waals surface area (Å²) in [5.74, 6) is 0.831. The third-order valence-electron chi connectivity index (χ3n) is 1.61. The Kier molecular flexibility index (Phi) is 4.88. The Morgan fingerprint density at radius 2 is 2.62 bits per heavy atom. The Hall–Kier alpha value is -0.520. The number of imidazole rings is 1. The maximum absolute atomic E-state index is 8.98. The van der Waals surface area contributed by atoms with Gasteiger partial charge in [-0.3, -0.25) is 0 Å². The number of aromatic amines is 1. The van der Waals surface area contributed by atoms with E-state index < -0.39 is 0 Å². The first-order valence-corrected chi connectivity index (χ1v) is 5.31. The van der Waals surface area contributed by atoms with Crippen LogP contribution in [-0.2, 0) is 0 Å². The van der Waals surface area contributed by atoms with Crippen molar-refractivity contribution >= 4 is 11.8 Å². The monoisotopic (exact) mass is 201 g/mol. The smallest absolute Gasteiger partial charge is 0.165 e. The number of aromatic nitrogens is 2. The lowest BCUT2D eigenvalue weighted by Gasteiger charge is -2.12. The van der Waals surface area contributed by atoms with E-state index in [0.717, 1.165) is 17.5 Å². The molecule has 0 spiro atoms. The number of likely N-dealkylation sites (N-methyl/N-ethyl adjacent to an activating group) is 1. The van der Waals surface area contributed by atoms with E-state index in [2.05, 4.69) is 15.3 Å². The predicted molar refractivity (Wildman–Crippen MR) is 53.9 cm³/mol. The van der Waals surface area contributed by atoms with Crippen molar-refractivity contribution in [3.05, 3.63) is 12.4 Å². The van der Waals surface area contributed by atoms with Gasteiger partial charge in [0.05, 0.1) is 6.61 Å². The van der Waals surface area contributed by atoms with Crippen LogP contribution in [0.2, 0.25) is 0 Å². The molecular formula is C8H15N3OS. The first-order chi connectivity index (χ1) is 6.36. The molecule has 1 heterocycles. The lowest BCUT2D eigenvalue weighted by molar-refractivity contribution is 0.255. The van der Waals surface area contributed by atoms with Crippen LogP contribution in [0.1, 0.15) is 6.92 Å². The molecule has 3 N–H and O–H groups in total. The van der Waals surface area contributed by atoms with Crippen molar-refractivity contribution in [1.29, 1.82) is 0 Å². The molecule has 74 valence electrons. The number of H-pyrrole nitrogens is 1. The van der Waals surface area contributed by atoms with Gasteiger partial charge in [-0.05, 0) is 6.54 Å². The van der Waals surface area contributed by atoms with E-state index in [1.807, 2.05) is 6.92 Å². The minimum absolute atomic E-state index is 0.153. The molecule has 4 nitrogen and oxygen atoms in total. The Morgan fingerprint density at radius 3 is 3.15 bits per heavy atom. The number of aliphatic hydroxyl groups is 1. The van der Waals surface area contributed by atoms with Crippen molar-refractivity contribution in [2.24, 2.45) is 0 Å². The van der Waals surface area contributed by atoms with Crippen LogP contribution in [0.5, 0.6) is 0 Å². The average molecular weight is 201 g/mol. The molecule has 0 aliphatic heterocycles. The highest BCUT2D eigenvalue weighted by atomic mass is 32.2. The topological polar surface area (TPSA) is 60.9 Å². The van der Waals surface area contributed by atoms with Gasteiger partial charge in [0, 0.05) is 24.2 Å². The molecule has 13 heavy (non-hydrogen) atoms. The van der Waals surface area contributed by atoms with Crippen molar-refractivity contribution in [3.8, 4) is 0 Å². The van der Waals surface area contributed by atoms with Crippen LogP contribution in [-0.4, -0.2) is 40.0 Å². The summed E-state index contributed by atoms with van der Waals surface area (Å²) in [6, 6.07) is 0.153. The molecule has 0 saturated carbocycles. The first kappa shape index (κ1) is 10.6. The third kappa shape index (κ3) is 3.80. The number of aliphatic hydroxyl groups excluding tert-OH is 1. The highest BCUT2D eigenvalue weighted by Crippen LogP contribution is 2.12. The molecular weight excluding hydrogens is 186 g/mol. The maximum atomic E-state index is 8.98. The summed E-state index contributed by atoms with van der Waals surface area (Å²) < 4.78 is 0. The van der Waals surface area contributed by atoms with E-state index in [1.54, 1.807) is 24.2 Å². The second-order valence-electron chi connectivity index (χ2n) is 2.64. The highest BCUT2D eigenvalue weighted by molar-refractivity contribution is 7.99. The SMILES string of the molecule is CCNC(CO)CSc1ncc[nH]1. The zero-order valence-electron chi connectivity index (χ0n) is 7.66. The highest BCUT2D eigenvalue weighted by Gasteiger charge is 2.06. The molecule has 5 heteroatoms.